The van der Waals surface area contributed by atoms with Crippen molar-refractivity contribution in [2.24, 2.45) is 5.73 Å². The number of imidazole rings is 1. The Kier molecular flexibility index (Phi) is 4.70. The first-order chi connectivity index (χ1) is 10.1. The van der Waals surface area contributed by atoms with Gasteiger partial charge in [-0.15, -0.1) is 0 Å². The highest BCUT2D eigenvalue weighted by molar-refractivity contribution is 5.43. The molecule has 0 saturated heterocycles. The predicted molar refractivity (Wildman–Crippen MR) is 80.8 cm³/mol. The van der Waals surface area contributed by atoms with Crippen LogP contribution in [0.1, 0.15) is 18.5 Å². The summed E-state index contributed by atoms with van der Waals surface area (Å²) in [5.41, 5.74) is 7.04. The topological polar surface area (TPSA) is 71.4 Å². The van der Waals surface area contributed by atoms with Crippen LogP contribution in [0.25, 0.3) is 0 Å². The Morgan fingerprint density at radius 1 is 1.14 bits per heavy atom. The summed E-state index contributed by atoms with van der Waals surface area (Å²) in [4.78, 5) is 12.0. The summed E-state index contributed by atoms with van der Waals surface area (Å²) >= 11 is 0. The maximum Gasteiger partial charge on any atom is 0.328 e. The second-order valence-electron chi connectivity index (χ2n) is 4.74. The number of nitrogens with zero attached hydrogens (tertiary/aromatic N) is 2. The fraction of sp³-hybridized carbons (Fsp3) is 0.400. The van der Waals surface area contributed by atoms with Gasteiger partial charge >= 0.3 is 5.69 Å². The van der Waals surface area contributed by atoms with Crippen molar-refractivity contribution in [2.75, 3.05) is 14.2 Å². The van der Waals surface area contributed by atoms with E-state index in [-0.39, 0.29) is 11.7 Å². The highest BCUT2D eigenvalue weighted by atomic mass is 16.5. The van der Waals surface area contributed by atoms with Crippen LogP contribution in [0.5, 0.6) is 11.5 Å². The third kappa shape index (κ3) is 3.11. The standard InChI is InChI=1S/C15H21N3O3/c1-4-17-7-8-18(15(17)19)10-12(16)11-5-6-13(20-2)14(9-11)21-3/h5-9,12H,4,10,16H2,1-3H3. The van der Waals surface area contributed by atoms with Crippen LogP contribution in [0.2, 0.25) is 0 Å². The lowest BCUT2D eigenvalue weighted by atomic mass is 10.1. The lowest BCUT2D eigenvalue weighted by Crippen LogP contribution is -2.28. The molecule has 6 heteroatoms. The number of aryl methyl sites for hydroxylation is 1. The van der Waals surface area contributed by atoms with Crippen LogP contribution < -0.4 is 20.9 Å². The average molecular weight is 291 g/mol. The predicted octanol–water partition coefficient (Wildman–Crippen LogP) is 1.39. The van der Waals surface area contributed by atoms with E-state index in [0.717, 1.165) is 5.56 Å². The lowest BCUT2D eigenvalue weighted by Gasteiger charge is -2.15. The molecule has 0 amide bonds. The Bertz CT molecular complexity index is 660. The van der Waals surface area contributed by atoms with Crippen LogP contribution in [-0.4, -0.2) is 23.4 Å². The maximum atomic E-state index is 12.0. The SMILES string of the molecule is CCn1ccn(CC(N)c2ccc(OC)c(OC)c2)c1=O. The quantitative estimate of drug-likeness (QED) is 0.873. The molecule has 0 radical (unpaired) electrons. The van der Waals surface area contributed by atoms with Gasteiger partial charge in [-0.05, 0) is 24.6 Å². The Labute approximate surface area is 123 Å². The third-order valence-electron chi connectivity index (χ3n) is 3.49. The number of aromatic nitrogens is 2. The van der Waals surface area contributed by atoms with Gasteiger partial charge < -0.3 is 15.2 Å². The van der Waals surface area contributed by atoms with E-state index in [1.165, 1.54) is 0 Å². The van der Waals surface area contributed by atoms with E-state index in [4.69, 9.17) is 15.2 Å². The van der Waals surface area contributed by atoms with Gasteiger partial charge in [-0.3, -0.25) is 9.13 Å². The summed E-state index contributed by atoms with van der Waals surface area (Å²) in [6.07, 6.45) is 3.52. The third-order valence-corrected chi connectivity index (χ3v) is 3.49. The maximum absolute atomic E-state index is 12.0. The van der Waals surface area contributed by atoms with E-state index in [1.54, 1.807) is 35.7 Å². The largest absolute Gasteiger partial charge is 0.493 e. The molecule has 0 fully saturated rings. The van der Waals surface area contributed by atoms with Gasteiger partial charge in [0.25, 0.3) is 0 Å². The van der Waals surface area contributed by atoms with Crippen LogP contribution >= 0.6 is 0 Å². The van der Waals surface area contributed by atoms with Crippen molar-refractivity contribution in [3.05, 3.63) is 46.6 Å². The van der Waals surface area contributed by atoms with Crippen molar-refractivity contribution in [2.45, 2.75) is 26.1 Å². The molecule has 1 unspecified atom stereocenters. The summed E-state index contributed by atoms with van der Waals surface area (Å²) in [5.74, 6) is 1.28. The molecule has 114 valence electrons. The molecule has 21 heavy (non-hydrogen) atoms. The van der Waals surface area contributed by atoms with Crippen molar-refractivity contribution < 1.29 is 9.47 Å². The molecule has 1 aromatic carbocycles. The zero-order valence-electron chi connectivity index (χ0n) is 12.6. The van der Waals surface area contributed by atoms with E-state index in [2.05, 4.69) is 0 Å². The van der Waals surface area contributed by atoms with Gasteiger partial charge in [0.05, 0.1) is 14.2 Å². The molecule has 0 bridgehead atoms. The van der Waals surface area contributed by atoms with Gasteiger partial charge in [-0.1, -0.05) is 6.07 Å². The minimum atomic E-state index is -0.296. The molecule has 1 atom stereocenters. The number of ether oxygens (including phenoxy) is 2. The number of hydrogen-bond acceptors (Lipinski definition) is 4. The van der Waals surface area contributed by atoms with E-state index in [0.29, 0.717) is 24.6 Å². The molecule has 0 saturated carbocycles. The summed E-state index contributed by atoms with van der Waals surface area (Å²) in [6, 6.07) is 5.24. The van der Waals surface area contributed by atoms with Gasteiger partial charge in [0.1, 0.15) is 0 Å². The highest BCUT2D eigenvalue weighted by Gasteiger charge is 2.13. The first kappa shape index (κ1) is 15.2. The van der Waals surface area contributed by atoms with E-state index < -0.39 is 0 Å². The number of hydrogen-bond donors (Lipinski definition) is 1. The normalized spacial score (nSPS) is 12.2. The van der Waals surface area contributed by atoms with Gasteiger partial charge in [-0.25, -0.2) is 4.79 Å². The Morgan fingerprint density at radius 2 is 1.81 bits per heavy atom. The molecule has 0 spiro atoms. The van der Waals surface area contributed by atoms with Crippen LogP contribution in [0, 0.1) is 0 Å². The number of benzene rings is 1. The minimum absolute atomic E-state index is 0.0478. The fourth-order valence-corrected chi connectivity index (χ4v) is 2.23. The van der Waals surface area contributed by atoms with Crippen LogP contribution in [0.4, 0.5) is 0 Å². The number of nitrogens with two attached hydrogens (primary N) is 1. The summed E-state index contributed by atoms with van der Waals surface area (Å²) in [7, 11) is 3.17. The second kappa shape index (κ2) is 6.49. The molecule has 1 heterocycles. The van der Waals surface area contributed by atoms with E-state index >= 15 is 0 Å². The minimum Gasteiger partial charge on any atom is -0.493 e. The first-order valence-corrected chi connectivity index (χ1v) is 6.83. The van der Waals surface area contributed by atoms with Gasteiger partial charge in [-0.2, -0.15) is 0 Å². The lowest BCUT2D eigenvalue weighted by molar-refractivity contribution is 0.354. The molecular formula is C15H21N3O3. The summed E-state index contributed by atoms with van der Waals surface area (Å²) in [6.45, 7) is 3.00. The number of methoxy groups -OCH3 is 2. The number of rotatable bonds is 6. The Hall–Kier alpha value is -2.21. The first-order valence-electron chi connectivity index (χ1n) is 6.83. The van der Waals surface area contributed by atoms with E-state index in [1.807, 2.05) is 25.1 Å². The summed E-state index contributed by atoms with van der Waals surface area (Å²) < 4.78 is 13.7. The second-order valence-corrected chi connectivity index (χ2v) is 4.74. The zero-order chi connectivity index (χ0) is 15.4. The molecular weight excluding hydrogens is 270 g/mol. The van der Waals surface area contributed by atoms with Crippen molar-refractivity contribution in [1.82, 2.24) is 9.13 Å². The Morgan fingerprint density at radius 3 is 2.38 bits per heavy atom. The van der Waals surface area contributed by atoms with Gasteiger partial charge in [0.2, 0.25) is 0 Å². The van der Waals surface area contributed by atoms with Crippen LogP contribution in [0.15, 0.2) is 35.4 Å². The Balaban J connectivity index is 2.21. The van der Waals surface area contributed by atoms with Crippen LogP contribution in [0.3, 0.4) is 0 Å². The zero-order valence-corrected chi connectivity index (χ0v) is 12.6. The van der Waals surface area contributed by atoms with Crippen LogP contribution in [-0.2, 0) is 13.1 Å². The highest BCUT2D eigenvalue weighted by Crippen LogP contribution is 2.29. The van der Waals surface area contributed by atoms with Crippen molar-refractivity contribution in [3.8, 4) is 11.5 Å². The van der Waals surface area contributed by atoms with Crippen molar-refractivity contribution in [3.63, 3.8) is 0 Å². The fourth-order valence-electron chi connectivity index (χ4n) is 2.23. The molecule has 0 aliphatic rings. The van der Waals surface area contributed by atoms with Gasteiger partial charge in [0.15, 0.2) is 11.5 Å². The molecule has 6 nitrogen and oxygen atoms in total. The molecule has 2 rings (SSSR count). The molecule has 0 aliphatic carbocycles. The average Bonchev–Trinajstić information content (AvgIpc) is 2.86. The van der Waals surface area contributed by atoms with E-state index in [9.17, 15) is 4.79 Å². The molecule has 2 N–H and O–H groups in total. The van der Waals surface area contributed by atoms with Gasteiger partial charge in [0, 0.05) is 31.5 Å². The van der Waals surface area contributed by atoms with Crippen molar-refractivity contribution >= 4 is 0 Å². The monoisotopic (exact) mass is 291 g/mol. The molecule has 0 aliphatic heterocycles. The summed E-state index contributed by atoms with van der Waals surface area (Å²) in [5, 5.41) is 0. The molecule has 2 aromatic rings. The smallest absolute Gasteiger partial charge is 0.328 e. The van der Waals surface area contributed by atoms with Crippen molar-refractivity contribution in [1.29, 1.82) is 0 Å². The molecule has 1 aromatic heterocycles.